The van der Waals surface area contributed by atoms with Gasteiger partial charge in [0.2, 0.25) is 0 Å². The molecule has 0 atom stereocenters. The molecular formula is C17H21N3O. The van der Waals surface area contributed by atoms with Crippen LogP contribution < -0.4 is 5.32 Å². The van der Waals surface area contributed by atoms with E-state index in [1.165, 1.54) is 5.56 Å². The molecule has 0 spiro atoms. The number of anilines is 1. The van der Waals surface area contributed by atoms with Crippen molar-refractivity contribution in [2.75, 3.05) is 18.9 Å². The van der Waals surface area contributed by atoms with Gasteiger partial charge in [0.25, 0.3) is 5.91 Å². The first-order valence-corrected chi connectivity index (χ1v) is 7.11. The van der Waals surface area contributed by atoms with Gasteiger partial charge in [-0.2, -0.15) is 0 Å². The Bertz CT molecular complexity index is 590. The van der Waals surface area contributed by atoms with Crippen LogP contribution in [0.5, 0.6) is 0 Å². The lowest BCUT2D eigenvalue weighted by atomic mass is 10.1. The molecule has 0 bridgehead atoms. The van der Waals surface area contributed by atoms with Crippen LogP contribution in [0.4, 0.5) is 5.82 Å². The molecule has 0 unspecified atom stereocenters. The molecule has 2 aromatic rings. The van der Waals surface area contributed by atoms with Gasteiger partial charge in [-0.25, -0.2) is 4.98 Å². The largest absolute Gasteiger partial charge is 0.370 e. The lowest BCUT2D eigenvalue weighted by molar-refractivity contribution is 0.0784. The summed E-state index contributed by atoms with van der Waals surface area (Å²) >= 11 is 0. The molecule has 1 aromatic carbocycles. The van der Waals surface area contributed by atoms with Gasteiger partial charge in [0.05, 0.1) is 5.56 Å². The smallest absolute Gasteiger partial charge is 0.255 e. The highest BCUT2D eigenvalue weighted by Crippen LogP contribution is 2.11. The third-order valence-corrected chi connectivity index (χ3v) is 3.26. The Morgan fingerprint density at radius 2 is 1.90 bits per heavy atom. The molecule has 0 aliphatic rings. The summed E-state index contributed by atoms with van der Waals surface area (Å²) in [5.74, 6) is 0.765. The normalized spacial score (nSPS) is 10.2. The second kappa shape index (κ2) is 6.88. The van der Waals surface area contributed by atoms with E-state index in [1.54, 1.807) is 24.2 Å². The monoisotopic (exact) mass is 283 g/mol. The highest BCUT2D eigenvalue weighted by molar-refractivity contribution is 5.93. The molecule has 4 heteroatoms. The quantitative estimate of drug-likeness (QED) is 0.917. The predicted molar refractivity (Wildman–Crippen MR) is 85.4 cm³/mol. The van der Waals surface area contributed by atoms with Gasteiger partial charge in [0.1, 0.15) is 5.82 Å². The third-order valence-electron chi connectivity index (χ3n) is 3.26. The number of aryl methyl sites for hydroxylation is 1. The summed E-state index contributed by atoms with van der Waals surface area (Å²) in [5, 5.41) is 3.11. The number of nitrogens with one attached hydrogen (secondary N) is 1. The van der Waals surface area contributed by atoms with Crippen LogP contribution in [0.25, 0.3) is 0 Å². The molecule has 0 radical (unpaired) electrons. The number of aromatic nitrogens is 1. The average Bonchev–Trinajstić information content (AvgIpc) is 2.50. The first-order valence-electron chi connectivity index (χ1n) is 7.11. The number of hydrogen-bond acceptors (Lipinski definition) is 3. The minimum absolute atomic E-state index is 0.0221. The van der Waals surface area contributed by atoms with E-state index in [9.17, 15) is 4.79 Å². The van der Waals surface area contributed by atoms with Crippen molar-refractivity contribution < 1.29 is 4.79 Å². The standard InChI is InChI=1S/C17H21N3O/c1-4-18-16-10-9-15(11-19-16)17(21)20(3)12-14-7-5-13(2)6-8-14/h5-11H,4,12H2,1-3H3,(H,18,19). The summed E-state index contributed by atoms with van der Waals surface area (Å²) in [4.78, 5) is 18.3. The number of carbonyl (C=O) groups excluding carboxylic acids is 1. The Morgan fingerprint density at radius 1 is 1.19 bits per heavy atom. The lowest BCUT2D eigenvalue weighted by Crippen LogP contribution is -2.26. The maximum Gasteiger partial charge on any atom is 0.255 e. The number of nitrogens with zero attached hydrogens (tertiary/aromatic N) is 2. The predicted octanol–water partition coefficient (Wildman–Crippen LogP) is 3.09. The minimum atomic E-state index is -0.0221. The van der Waals surface area contributed by atoms with E-state index < -0.39 is 0 Å². The van der Waals surface area contributed by atoms with Gasteiger partial charge in [-0.1, -0.05) is 29.8 Å². The molecule has 21 heavy (non-hydrogen) atoms. The molecule has 4 nitrogen and oxygen atoms in total. The molecule has 0 saturated carbocycles. The van der Waals surface area contributed by atoms with Crippen molar-refractivity contribution in [3.8, 4) is 0 Å². The highest BCUT2D eigenvalue weighted by Gasteiger charge is 2.12. The maximum atomic E-state index is 12.4. The fraction of sp³-hybridized carbons (Fsp3) is 0.294. The number of carbonyl (C=O) groups is 1. The van der Waals surface area contributed by atoms with E-state index in [4.69, 9.17) is 0 Å². The molecule has 1 amide bonds. The number of rotatable bonds is 5. The summed E-state index contributed by atoms with van der Waals surface area (Å²) in [7, 11) is 1.81. The van der Waals surface area contributed by atoms with Crippen molar-refractivity contribution in [2.45, 2.75) is 20.4 Å². The van der Waals surface area contributed by atoms with Gasteiger partial charge < -0.3 is 10.2 Å². The summed E-state index contributed by atoms with van der Waals surface area (Å²) < 4.78 is 0. The highest BCUT2D eigenvalue weighted by atomic mass is 16.2. The molecule has 1 N–H and O–H groups in total. The van der Waals surface area contributed by atoms with Crippen molar-refractivity contribution >= 4 is 11.7 Å². The van der Waals surface area contributed by atoms with E-state index in [2.05, 4.69) is 29.4 Å². The Kier molecular flexibility index (Phi) is 4.93. The van der Waals surface area contributed by atoms with Crippen LogP contribution in [0, 0.1) is 6.92 Å². The van der Waals surface area contributed by atoms with Gasteiger partial charge in [0.15, 0.2) is 0 Å². The Hall–Kier alpha value is -2.36. The number of benzene rings is 1. The Balaban J connectivity index is 2.02. The van der Waals surface area contributed by atoms with E-state index in [0.717, 1.165) is 17.9 Å². The zero-order valence-corrected chi connectivity index (χ0v) is 12.8. The first kappa shape index (κ1) is 15.0. The summed E-state index contributed by atoms with van der Waals surface area (Å²) in [6.07, 6.45) is 1.62. The Labute approximate surface area is 125 Å². The van der Waals surface area contributed by atoms with Crippen LogP contribution in [0.2, 0.25) is 0 Å². The topological polar surface area (TPSA) is 45.2 Å². The number of pyridine rings is 1. The second-order valence-corrected chi connectivity index (χ2v) is 5.11. The molecule has 1 aromatic heterocycles. The number of amides is 1. The van der Waals surface area contributed by atoms with Crippen molar-refractivity contribution in [1.82, 2.24) is 9.88 Å². The lowest BCUT2D eigenvalue weighted by Gasteiger charge is -2.17. The van der Waals surface area contributed by atoms with Crippen LogP contribution in [-0.4, -0.2) is 29.4 Å². The third kappa shape index (κ3) is 4.05. The van der Waals surface area contributed by atoms with E-state index in [1.807, 2.05) is 25.1 Å². The van der Waals surface area contributed by atoms with E-state index in [-0.39, 0.29) is 5.91 Å². The zero-order chi connectivity index (χ0) is 15.2. The van der Waals surface area contributed by atoms with Crippen LogP contribution >= 0.6 is 0 Å². The summed E-state index contributed by atoms with van der Waals surface area (Å²) in [6.45, 7) is 5.47. The van der Waals surface area contributed by atoms with Gasteiger partial charge in [-0.15, -0.1) is 0 Å². The SMILES string of the molecule is CCNc1ccc(C(=O)N(C)Cc2ccc(C)cc2)cn1. The molecule has 0 aliphatic heterocycles. The molecule has 0 fully saturated rings. The van der Waals surface area contributed by atoms with Crippen molar-refractivity contribution in [3.05, 3.63) is 59.3 Å². The molecule has 0 saturated heterocycles. The van der Waals surface area contributed by atoms with Crippen LogP contribution in [0.15, 0.2) is 42.6 Å². The van der Waals surface area contributed by atoms with E-state index >= 15 is 0 Å². The van der Waals surface area contributed by atoms with Crippen LogP contribution in [0.1, 0.15) is 28.4 Å². The Morgan fingerprint density at radius 3 is 2.48 bits per heavy atom. The molecule has 0 aliphatic carbocycles. The van der Waals surface area contributed by atoms with Crippen molar-refractivity contribution in [1.29, 1.82) is 0 Å². The van der Waals surface area contributed by atoms with Gasteiger partial charge >= 0.3 is 0 Å². The fourth-order valence-corrected chi connectivity index (χ4v) is 2.07. The van der Waals surface area contributed by atoms with Crippen LogP contribution in [0.3, 0.4) is 0 Å². The second-order valence-electron chi connectivity index (χ2n) is 5.11. The van der Waals surface area contributed by atoms with Gasteiger partial charge in [0, 0.05) is 26.3 Å². The maximum absolute atomic E-state index is 12.4. The summed E-state index contributed by atoms with van der Waals surface area (Å²) in [5.41, 5.74) is 2.94. The van der Waals surface area contributed by atoms with Gasteiger partial charge in [-0.05, 0) is 31.5 Å². The first-order chi connectivity index (χ1) is 10.1. The molecular weight excluding hydrogens is 262 g/mol. The van der Waals surface area contributed by atoms with Crippen molar-refractivity contribution in [2.24, 2.45) is 0 Å². The fourth-order valence-electron chi connectivity index (χ4n) is 2.07. The molecule has 1 heterocycles. The zero-order valence-electron chi connectivity index (χ0n) is 12.8. The minimum Gasteiger partial charge on any atom is -0.370 e. The molecule has 110 valence electrons. The van der Waals surface area contributed by atoms with Gasteiger partial charge in [-0.3, -0.25) is 4.79 Å². The summed E-state index contributed by atoms with van der Waals surface area (Å²) in [6, 6.07) is 11.8. The average molecular weight is 283 g/mol. The van der Waals surface area contributed by atoms with Crippen molar-refractivity contribution in [3.63, 3.8) is 0 Å². The van der Waals surface area contributed by atoms with E-state index in [0.29, 0.717) is 12.1 Å². The number of hydrogen-bond donors (Lipinski definition) is 1. The van der Waals surface area contributed by atoms with Crippen LogP contribution in [-0.2, 0) is 6.54 Å². The molecule has 2 rings (SSSR count).